The fourth-order valence-electron chi connectivity index (χ4n) is 1.52. The molecule has 0 bridgehead atoms. The van der Waals surface area contributed by atoms with Gasteiger partial charge in [-0.15, -0.1) is 5.10 Å². The zero-order valence-electron chi connectivity index (χ0n) is 9.59. The summed E-state index contributed by atoms with van der Waals surface area (Å²) in [5.74, 6) is -0.920. The third kappa shape index (κ3) is 2.83. The lowest BCUT2D eigenvalue weighted by Gasteiger charge is -2.11. The maximum Gasteiger partial charge on any atom is 0.326 e. The largest absolute Gasteiger partial charge is 0.480 e. The Hall–Kier alpha value is -1.96. The predicted molar refractivity (Wildman–Crippen MR) is 59.0 cm³/mol. The Balaban J connectivity index is 1.98. The van der Waals surface area contributed by atoms with Crippen molar-refractivity contribution < 1.29 is 19.8 Å². The van der Waals surface area contributed by atoms with E-state index in [1.165, 1.54) is 0 Å². The monoisotopic (exact) mass is 254 g/mol. The van der Waals surface area contributed by atoms with E-state index in [9.17, 15) is 9.59 Å². The van der Waals surface area contributed by atoms with Crippen molar-refractivity contribution in [3.8, 4) is 0 Å². The van der Waals surface area contributed by atoms with Gasteiger partial charge in [0.1, 0.15) is 11.9 Å². The van der Waals surface area contributed by atoms with Gasteiger partial charge in [0.25, 0.3) is 5.91 Å². The predicted octanol–water partition coefficient (Wildman–Crippen LogP) is -0.753. The molecule has 1 aliphatic rings. The molecule has 4 N–H and O–H groups in total. The molecule has 0 aromatic carbocycles. The Morgan fingerprint density at radius 1 is 1.50 bits per heavy atom. The molecule has 2 rings (SSSR count). The number of hydrogen-bond donors (Lipinski definition) is 4. The van der Waals surface area contributed by atoms with Crippen molar-refractivity contribution in [2.24, 2.45) is 0 Å². The summed E-state index contributed by atoms with van der Waals surface area (Å²) in [6, 6.07) is -1.13. The fraction of sp³-hybridized carbons (Fsp3) is 0.600. The van der Waals surface area contributed by atoms with Crippen LogP contribution in [0.15, 0.2) is 0 Å². The number of aromatic amines is 1. The van der Waals surface area contributed by atoms with Gasteiger partial charge in [0.2, 0.25) is 5.82 Å². The van der Waals surface area contributed by atoms with Gasteiger partial charge in [-0.3, -0.25) is 9.89 Å². The molecule has 1 heterocycles. The highest BCUT2D eigenvalue weighted by Gasteiger charge is 2.29. The SMILES string of the molecule is O=C(N[C@H](CCO)C(=O)O)c1n[nH]c(C2CC2)n1. The quantitative estimate of drug-likeness (QED) is 0.528. The highest BCUT2D eigenvalue weighted by Crippen LogP contribution is 2.37. The van der Waals surface area contributed by atoms with Crippen LogP contribution in [-0.2, 0) is 4.79 Å². The first-order chi connectivity index (χ1) is 8.61. The van der Waals surface area contributed by atoms with Crippen LogP contribution in [0.3, 0.4) is 0 Å². The Labute approximate surface area is 102 Å². The lowest BCUT2D eigenvalue weighted by molar-refractivity contribution is -0.139. The second-order valence-electron chi connectivity index (χ2n) is 4.20. The lowest BCUT2D eigenvalue weighted by atomic mass is 10.2. The number of aliphatic hydroxyl groups excluding tert-OH is 1. The number of carboxylic acid groups (broad SMARTS) is 1. The summed E-state index contributed by atoms with van der Waals surface area (Å²) in [5, 5.41) is 26.2. The number of carboxylic acids is 1. The molecule has 1 atom stereocenters. The van der Waals surface area contributed by atoms with Crippen LogP contribution in [-0.4, -0.2) is 49.9 Å². The Morgan fingerprint density at radius 3 is 2.78 bits per heavy atom. The second-order valence-corrected chi connectivity index (χ2v) is 4.20. The molecule has 1 aromatic heterocycles. The van der Waals surface area contributed by atoms with Crippen LogP contribution in [0.5, 0.6) is 0 Å². The summed E-state index contributed by atoms with van der Waals surface area (Å²) in [6.07, 6.45) is 2.00. The molecule has 0 saturated heterocycles. The molecule has 0 spiro atoms. The standard InChI is InChI=1S/C10H14N4O4/c15-4-3-6(10(17)18)11-9(16)8-12-7(13-14-8)5-1-2-5/h5-6,15H,1-4H2,(H,11,16)(H,17,18)(H,12,13,14)/t6-/m1/s1. The van der Waals surface area contributed by atoms with E-state index in [-0.39, 0.29) is 18.9 Å². The molecule has 0 unspecified atom stereocenters. The summed E-state index contributed by atoms with van der Waals surface area (Å²) in [7, 11) is 0. The second kappa shape index (κ2) is 5.13. The van der Waals surface area contributed by atoms with Crippen LogP contribution in [0.1, 0.15) is 41.6 Å². The van der Waals surface area contributed by atoms with Gasteiger partial charge in [-0.2, -0.15) is 0 Å². The van der Waals surface area contributed by atoms with Gasteiger partial charge in [-0.1, -0.05) is 0 Å². The minimum Gasteiger partial charge on any atom is -0.480 e. The molecule has 1 saturated carbocycles. The molecule has 18 heavy (non-hydrogen) atoms. The molecule has 1 amide bonds. The van der Waals surface area contributed by atoms with Gasteiger partial charge in [0.05, 0.1) is 0 Å². The average Bonchev–Trinajstić information content (AvgIpc) is 3.06. The molecule has 1 aliphatic carbocycles. The number of rotatable bonds is 6. The van der Waals surface area contributed by atoms with Crippen molar-refractivity contribution in [2.45, 2.75) is 31.2 Å². The number of aliphatic carboxylic acids is 1. The number of carbonyl (C=O) groups is 2. The molecule has 98 valence electrons. The van der Waals surface area contributed by atoms with Crippen LogP contribution in [0, 0.1) is 0 Å². The van der Waals surface area contributed by atoms with E-state index in [0.717, 1.165) is 12.8 Å². The van der Waals surface area contributed by atoms with E-state index in [0.29, 0.717) is 11.7 Å². The molecule has 0 radical (unpaired) electrons. The number of amides is 1. The Kier molecular flexibility index (Phi) is 3.56. The topological polar surface area (TPSA) is 128 Å². The van der Waals surface area contributed by atoms with Crippen molar-refractivity contribution in [1.82, 2.24) is 20.5 Å². The van der Waals surface area contributed by atoms with E-state index in [1.807, 2.05) is 0 Å². The molecular formula is C10H14N4O4. The normalized spacial score (nSPS) is 16.3. The summed E-state index contributed by atoms with van der Waals surface area (Å²) in [6.45, 7) is -0.321. The zero-order valence-corrected chi connectivity index (χ0v) is 9.59. The van der Waals surface area contributed by atoms with E-state index < -0.39 is 17.9 Å². The van der Waals surface area contributed by atoms with Gasteiger partial charge in [-0.25, -0.2) is 9.78 Å². The lowest BCUT2D eigenvalue weighted by Crippen LogP contribution is -2.41. The first-order valence-corrected chi connectivity index (χ1v) is 5.68. The molecule has 0 aliphatic heterocycles. The van der Waals surface area contributed by atoms with Gasteiger partial charge < -0.3 is 15.5 Å². The fourth-order valence-corrected chi connectivity index (χ4v) is 1.52. The third-order valence-electron chi connectivity index (χ3n) is 2.69. The minimum absolute atomic E-state index is 0.0546. The van der Waals surface area contributed by atoms with Crippen LogP contribution >= 0.6 is 0 Å². The van der Waals surface area contributed by atoms with Crippen molar-refractivity contribution >= 4 is 11.9 Å². The summed E-state index contributed by atoms with van der Waals surface area (Å²) in [5.41, 5.74) is 0. The van der Waals surface area contributed by atoms with Gasteiger partial charge in [0.15, 0.2) is 0 Å². The smallest absolute Gasteiger partial charge is 0.326 e. The van der Waals surface area contributed by atoms with E-state index in [2.05, 4.69) is 20.5 Å². The Morgan fingerprint density at radius 2 is 2.22 bits per heavy atom. The van der Waals surface area contributed by atoms with Gasteiger partial charge in [0, 0.05) is 18.9 Å². The number of carbonyl (C=O) groups excluding carboxylic acids is 1. The van der Waals surface area contributed by atoms with Crippen LogP contribution < -0.4 is 5.32 Å². The highest BCUT2D eigenvalue weighted by atomic mass is 16.4. The maximum atomic E-state index is 11.7. The number of H-pyrrole nitrogens is 1. The molecule has 1 fully saturated rings. The first-order valence-electron chi connectivity index (χ1n) is 5.68. The van der Waals surface area contributed by atoms with Crippen molar-refractivity contribution in [3.63, 3.8) is 0 Å². The summed E-state index contributed by atoms with van der Waals surface area (Å²) < 4.78 is 0. The van der Waals surface area contributed by atoms with Crippen molar-refractivity contribution in [1.29, 1.82) is 0 Å². The van der Waals surface area contributed by atoms with Crippen molar-refractivity contribution in [3.05, 3.63) is 11.6 Å². The number of hydrogen-bond acceptors (Lipinski definition) is 5. The van der Waals surface area contributed by atoms with Crippen LogP contribution in [0.4, 0.5) is 0 Å². The highest BCUT2D eigenvalue weighted by molar-refractivity contribution is 5.93. The third-order valence-corrected chi connectivity index (χ3v) is 2.69. The average molecular weight is 254 g/mol. The number of nitrogens with zero attached hydrogens (tertiary/aromatic N) is 2. The summed E-state index contributed by atoms with van der Waals surface area (Å²) in [4.78, 5) is 26.5. The Bertz CT molecular complexity index is 454. The molecule has 8 heteroatoms. The van der Waals surface area contributed by atoms with E-state index in [4.69, 9.17) is 10.2 Å². The number of nitrogens with one attached hydrogen (secondary N) is 2. The van der Waals surface area contributed by atoms with Crippen LogP contribution in [0.2, 0.25) is 0 Å². The summed E-state index contributed by atoms with van der Waals surface area (Å²) >= 11 is 0. The molecule has 1 aromatic rings. The first kappa shape index (κ1) is 12.5. The zero-order chi connectivity index (χ0) is 13.1. The van der Waals surface area contributed by atoms with E-state index >= 15 is 0 Å². The number of aromatic nitrogens is 3. The molecule has 8 nitrogen and oxygen atoms in total. The maximum absolute atomic E-state index is 11.7. The molecular weight excluding hydrogens is 240 g/mol. The minimum atomic E-state index is -1.20. The number of aliphatic hydroxyl groups is 1. The van der Waals surface area contributed by atoms with Gasteiger partial charge in [-0.05, 0) is 12.8 Å². The van der Waals surface area contributed by atoms with Gasteiger partial charge >= 0.3 is 5.97 Å². The van der Waals surface area contributed by atoms with Crippen LogP contribution in [0.25, 0.3) is 0 Å². The van der Waals surface area contributed by atoms with Crippen molar-refractivity contribution in [2.75, 3.05) is 6.61 Å². The van der Waals surface area contributed by atoms with E-state index in [1.54, 1.807) is 0 Å².